The smallest absolute Gasteiger partial charge is 0.356 e. The van der Waals surface area contributed by atoms with Gasteiger partial charge in [0.25, 0.3) is 0 Å². The minimum Gasteiger partial charge on any atom is -0.462 e. The number of hydrogen-bond acceptors (Lipinski definition) is 10. The summed E-state index contributed by atoms with van der Waals surface area (Å²) in [4.78, 5) is 53.4. The molecule has 48 heavy (non-hydrogen) atoms. The van der Waals surface area contributed by atoms with Gasteiger partial charge in [0, 0.05) is 23.9 Å². The van der Waals surface area contributed by atoms with E-state index in [1.807, 2.05) is 24.3 Å². The molecule has 250 valence electrons. The number of thioether (sulfide) groups is 2. The molecule has 0 saturated heterocycles. The fourth-order valence-corrected chi connectivity index (χ4v) is 7.59. The third-order valence-corrected chi connectivity index (χ3v) is 9.61. The summed E-state index contributed by atoms with van der Waals surface area (Å²) in [5, 5.41) is 0. The molecule has 0 fully saturated rings. The molecule has 12 heteroatoms. The minimum atomic E-state index is -0.521. The maximum absolute atomic E-state index is 13.1. The van der Waals surface area contributed by atoms with Crippen LogP contribution in [0.3, 0.4) is 0 Å². The van der Waals surface area contributed by atoms with Crippen LogP contribution in [-0.4, -0.2) is 59.1 Å². The molecule has 0 saturated carbocycles. The Kier molecular flexibility index (Phi) is 11.5. The zero-order valence-electron chi connectivity index (χ0n) is 27.1. The first-order valence-corrected chi connectivity index (χ1v) is 17.6. The lowest BCUT2D eigenvalue weighted by atomic mass is 10.2. The minimum absolute atomic E-state index is 0.194. The van der Waals surface area contributed by atoms with E-state index in [4.69, 9.17) is 18.9 Å². The molecule has 0 bridgehead atoms. The molecular weight excluding hydrogens is 653 g/mol. The Labute approximate surface area is 286 Å². The molecule has 4 aromatic heterocycles. The second-order valence-corrected chi connectivity index (χ2v) is 12.3. The lowest BCUT2D eigenvalue weighted by molar-refractivity contribution is 0.0498. The van der Waals surface area contributed by atoms with Gasteiger partial charge in [0.2, 0.25) is 0 Å². The molecule has 0 amide bonds. The van der Waals surface area contributed by atoms with Crippen molar-refractivity contribution in [3.8, 4) is 0 Å². The second kappa shape index (κ2) is 15.9. The van der Waals surface area contributed by atoms with Gasteiger partial charge in [0.15, 0.2) is 0 Å². The van der Waals surface area contributed by atoms with Gasteiger partial charge in [-0.15, -0.1) is 23.5 Å². The Morgan fingerprint density at radius 2 is 0.875 bits per heavy atom. The maximum Gasteiger partial charge on any atom is 0.356 e. The number of hydrogen-bond donors (Lipinski definition) is 0. The SMILES string of the molecule is CCOC(=O)c1c(SCc2ccc(CSc3c(C(=O)OCC)c4ccccn4c3C(=O)OCC)cc2)c(C(=O)OCC)n2ccccc12. The molecule has 0 unspecified atom stereocenters. The third-order valence-electron chi connectivity index (χ3n) is 7.28. The summed E-state index contributed by atoms with van der Waals surface area (Å²) < 4.78 is 24.8. The molecule has 0 spiro atoms. The highest BCUT2D eigenvalue weighted by atomic mass is 32.2. The van der Waals surface area contributed by atoms with Crippen molar-refractivity contribution in [3.05, 3.63) is 107 Å². The summed E-state index contributed by atoms with van der Waals surface area (Å²) >= 11 is 2.73. The second-order valence-electron chi connectivity index (χ2n) is 10.3. The van der Waals surface area contributed by atoms with Crippen LogP contribution in [0.4, 0.5) is 0 Å². The topological polar surface area (TPSA) is 114 Å². The van der Waals surface area contributed by atoms with Gasteiger partial charge in [-0.25, -0.2) is 19.2 Å². The number of ether oxygens (including phenoxy) is 4. The average Bonchev–Trinajstić information content (AvgIpc) is 3.60. The lowest BCUT2D eigenvalue weighted by Crippen LogP contribution is -2.10. The molecule has 0 aliphatic carbocycles. The van der Waals surface area contributed by atoms with E-state index in [1.165, 1.54) is 23.5 Å². The fourth-order valence-electron chi connectivity index (χ4n) is 5.28. The van der Waals surface area contributed by atoms with Crippen molar-refractivity contribution in [3.63, 3.8) is 0 Å². The lowest BCUT2D eigenvalue weighted by Gasteiger charge is -2.09. The van der Waals surface area contributed by atoms with Crippen molar-refractivity contribution in [1.29, 1.82) is 0 Å². The summed E-state index contributed by atoms with van der Waals surface area (Å²) in [6.45, 7) is 7.74. The van der Waals surface area contributed by atoms with Crippen LogP contribution in [0.2, 0.25) is 0 Å². The predicted molar refractivity (Wildman–Crippen MR) is 184 cm³/mol. The van der Waals surface area contributed by atoms with Gasteiger partial charge in [-0.1, -0.05) is 36.4 Å². The molecule has 0 aliphatic rings. The van der Waals surface area contributed by atoms with E-state index in [-0.39, 0.29) is 37.8 Å². The highest BCUT2D eigenvalue weighted by molar-refractivity contribution is 7.99. The number of benzene rings is 1. The normalized spacial score (nSPS) is 11.1. The number of esters is 4. The number of aromatic nitrogens is 2. The van der Waals surface area contributed by atoms with Crippen LogP contribution >= 0.6 is 23.5 Å². The Morgan fingerprint density at radius 1 is 0.521 bits per heavy atom. The molecule has 0 atom stereocenters. The first-order valence-electron chi connectivity index (χ1n) is 15.6. The molecular formula is C36H36N2O8S2. The Bertz CT molecular complexity index is 1710. The molecule has 1 aromatic carbocycles. The van der Waals surface area contributed by atoms with Crippen molar-refractivity contribution in [2.75, 3.05) is 26.4 Å². The molecule has 0 radical (unpaired) electrons. The zero-order valence-corrected chi connectivity index (χ0v) is 28.8. The maximum atomic E-state index is 13.1. The van der Waals surface area contributed by atoms with E-state index in [9.17, 15) is 19.2 Å². The summed E-state index contributed by atoms with van der Waals surface area (Å²) in [6.07, 6.45) is 3.46. The van der Waals surface area contributed by atoms with Gasteiger partial charge in [0.05, 0.1) is 58.4 Å². The van der Waals surface area contributed by atoms with Crippen molar-refractivity contribution >= 4 is 58.4 Å². The number of fused-ring (bicyclic) bond motifs is 2. The Morgan fingerprint density at radius 3 is 1.23 bits per heavy atom. The summed E-state index contributed by atoms with van der Waals surface area (Å²) in [5.74, 6) is -1.12. The summed E-state index contributed by atoms with van der Waals surface area (Å²) in [5.41, 5.74) is 4.27. The van der Waals surface area contributed by atoms with Gasteiger partial charge in [-0.3, -0.25) is 0 Å². The molecule has 5 rings (SSSR count). The molecule has 0 N–H and O–H groups in total. The van der Waals surface area contributed by atoms with Crippen LogP contribution in [0.25, 0.3) is 11.0 Å². The summed E-state index contributed by atoms with van der Waals surface area (Å²) in [6, 6.07) is 18.6. The number of rotatable bonds is 14. The third kappa shape index (κ3) is 7.09. The Balaban J connectivity index is 1.41. The quantitative estimate of drug-likeness (QED) is 0.0661. The number of pyridine rings is 2. The van der Waals surface area contributed by atoms with Crippen molar-refractivity contribution in [2.24, 2.45) is 0 Å². The molecule has 10 nitrogen and oxygen atoms in total. The first kappa shape index (κ1) is 34.6. The monoisotopic (exact) mass is 688 g/mol. The average molecular weight is 689 g/mol. The number of nitrogens with zero attached hydrogens (tertiary/aromatic N) is 2. The van der Waals surface area contributed by atoms with Crippen LogP contribution in [0.5, 0.6) is 0 Å². The van der Waals surface area contributed by atoms with Crippen molar-refractivity contribution < 1.29 is 38.1 Å². The standard InChI is InChI=1S/C36H36N2O8S2/c1-5-43-33(39)27-25-13-9-11-19-37(25)29(35(41)45-7-3)31(27)47-21-23-15-17-24(18-16-23)22-48-32-28(34(40)44-6-2)26-14-10-12-20-38(26)30(32)36(42)46-8-4/h9-20H,5-8,21-22H2,1-4H3. The van der Waals surface area contributed by atoms with Crippen molar-refractivity contribution in [2.45, 2.75) is 49.0 Å². The largest absolute Gasteiger partial charge is 0.462 e. The summed E-state index contributed by atoms with van der Waals surface area (Å²) in [7, 11) is 0. The predicted octanol–water partition coefficient (Wildman–Crippen LogP) is 7.48. The van der Waals surface area contributed by atoms with Gasteiger partial charge in [0.1, 0.15) is 11.4 Å². The van der Waals surface area contributed by atoms with E-state index in [1.54, 1.807) is 85.3 Å². The fraction of sp³-hybridized carbons (Fsp3) is 0.278. The van der Waals surface area contributed by atoms with Crippen LogP contribution < -0.4 is 0 Å². The van der Waals surface area contributed by atoms with E-state index in [0.717, 1.165) is 11.1 Å². The van der Waals surface area contributed by atoms with E-state index in [0.29, 0.717) is 43.5 Å². The van der Waals surface area contributed by atoms with Crippen LogP contribution in [0.1, 0.15) is 80.5 Å². The molecule has 0 aliphatic heterocycles. The first-order chi connectivity index (χ1) is 23.3. The number of carbonyl (C=O) groups is 4. The van der Waals surface area contributed by atoms with Crippen LogP contribution in [0.15, 0.2) is 82.8 Å². The van der Waals surface area contributed by atoms with E-state index < -0.39 is 23.9 Å². The van der Waals surface area contributed by atoms with Gasteiger partial charge in [-0.05, 0) is 63.1 Å². The number of carbonyl (C=O) groups excluding carboxylic acids is 4. The van der Waals surface area contributed by atoms with Gasteiger partial charge in [-0.2, -0.15) is 0 Å². The van der Waals surface area contributed by atoms with Gasteiger partial charge < -0.3 is 27.7 Å². The Hall–Kier alpha value is -4.68. The van der Waals surface area contributed by atoms with E-state index >= 15 is 0 Å². The highest BCUT2D eigenvalue weighted by Crippen LogP contribution is 2.38. The van der Waals surface area contributed by atoms with E-state index in [2.05, 4.69) is 0 Å². The zero-order chi connectivity index (χ0) is 34.2. The van der Waals surface area contributed by atoms with Crippen LogP contribution in [0, 0.1) is 0 Å². The molecule has 5 aromatic rings. The molecule has 4 heterocycles. The highest BCUT2D eigenvalue weighted by Gasteiger charge is 2.30. The van der Waals surface area contributed by atoms with Gasteiger partial charge >= 0.3 is 23.9 Å². The van der Waals surface area contributed by atoms with Crippen molar-refractivity contribution in [1.82, 2.24) is 8.80 Å². The van der Waals surface area contributed by atoms with Crippen LogP contribution in [-0.2, 0) is 30.5 Å².